The maximum absolute atomic E-state index is 5.75. The zero-order chi connectivity index (χ0) is 13.1. The maximum atomic E-state index is 5.75. The standard InChI is InChI=1S/C14H24N2O2/c1-10-7-16(8-11(2)17-10)9-13-5-14(6-15-4)18-12(13)3/h5,10-11,15H,6-9H2,1-4H3. The van der Waals surface area contributed by atoms with Gasteiger partial charge < -0.3 is 14.5 Å². The molecule has 2 unspecified atom stereocenters. The van der Waals surface area contributed by atoms with Gasteiger partial charge in [-0.1, -0.05) is 0 Å². The summed E-state index contributed by atoms with van der Waals surface area (Å²) in [5.41, 5.74) is 1.29. The summed E-state index contributed by atoms with van der Waals surface area (Å²) in [6.07, 6.45) is 0.635. The highest BCUT2D eigenvalue weighted by Gasteiger charge is 2.23. The van der Waals surface area contributed by atoms with Crippen molar-refractivity contribution in [1.29, 1.82) is 0 Å². The van der Waals surface area contributed by atoms with E-state index in [1.807, 2.05) is 14.0 Å². The molecule has 4 nitrogen and oxygen atoms in total. The first-order valence-electron chi connectivity index (χ1n) is 6.69. The van der Waals surface area contributed by atoms with E-state index in [9.17, 15) is 0 Å². The molecule has 102 valence electrons. The highest BCUT2D eigenvalue weighted by molar-refractivity contribution is 5.20. The average Bonchev–Trinajstić information content (AvgIpc) is 2.58. The lowest BCUT2D eigenvalue weighted by atomic mass is 10.2. The molecule has 2 heterocycles. The highest BCUT2D eigenvalue weighted by atomic mass is 16.5. The number of ether oxygens (including phenoxy) is 1. The Morgan fingerprint density at radius 1 is 1.33 bits per heavy atom. The molecular formula is C14H24N2O2. The second-order valence-electron chi connectivity index (χ2n) is 5.28. The highest BCUT2D eigenvalue weighted by Crippen LogP contribution is 2.19. The Bertz CT molecular complexity index is 379. The molecule has 0 radical (unpaired) electrons. The maximum Gasteiger partial charge on any atom is 0.118 e. The predicted molar refractivity (Wildman–Crippen MR) is 71.5 cm³/mol. The Kier molecular flexibility index (Phi) is 4.43. The summed E-state index contributed by atoms with van der Waals surface area (Å²) in [6, 6.07) is 2.16. The van der Waals surface area contributed by atoms with Gasteiger partial charge in [0, 0.05) is 25.2 Å². The number of nitrogens with zero attached hydrogens (tertiary/aromatic N) is 1. The smallest absolute Gasteiger partial charge is 0.118 e. The quantitative estimate of drug-likeness (QED) is 0.888. The van der Waals surface area contributed by atoms with Crippen LogP contribution in [0.2, 0.25) is 0 Å². The van der Waals surface area contributed by atoms with E-state index in [1.54, 1.807) is 0 Å². The fraction of sp³-hybridized carbons (Fsp3) is 0.714. The van der Waals surface area contributed by atoms with Crippen molar-refractivity contribution in [2.24, 2.45) is 0 Å². The van der Waals surface area contributed by atoms with Crippen LogP contribution in [0.15, 0.2) is 10.5 Å². The lowest BCUT2D eigenvalue weighted by Crippen LogP contribution is -2.44. The molecule has 0 aliphatic carbocycles. The Balaban J connectivity index is 1.99. The summed E-state index contributed by atoms with van der Waals surface area (Å²) in [5, 5.41) is 3.11. The van der Waals surface area contributed by atoms with Gasteiger partial charge in [0.1, 0.15) is 11.5 Å². The lowest BCUT2D eigenvalue weighted by molar-refractivity contribution is -0.0705. The van der Waals surface area contributed by atoms with Crippen LogP contribution in [0.1, 0.15) is 30.9 Å². The van der Waals surface area contributed by atoms with Crippen molar-refractivity contribution in [2.45, 2.75) is 46.1 Å². The molecule has 0 saturated carbocycles. The van der Waals surface area contributed by atoms with E-state index < -0.39 is 0 Å². The van der Waals surface area contributed by atoms with Gasteiger partial charge in [0.2, 0.25) is 0 Å². The summed E-state index contributed by atoms with van der Waals surface area (Å²) in [7, 11) is 1.93. The van der Waals surface area contributed by atoms with Crippen molar-refractivity contribution in [3.8, 4) is 0 Å². The topological polar surface area (TPSA) is 37.6 Å². The number of morpholine rings is 1. The molecule has 1 fully saturated rings. The largest absolute Gasteiger partial charge is 0.465 e. The van der Waals surface area contributed by atoms with E-state index in [2.05, 4.69) is 30.1 Å². The van der Waals surface area contributed by atoms with Crippen LogP contribution in [0.4, 0.5) is 0 Å². The van der Waals surface area contributed by atoms with Crippen LogP contribution in [0.25, 0.3) is 0 Å². The Labute approximate surface area is 109 Å². The van der Waals surface area contributed by atoms with E-state index in [0.717, 1.165) is 37.7 Å². The van der Waals surface area contributed by atoms with E-state index in [1.165, 1.54) is 5.56 Å². The molecule has 0 aromatic carbocycles. The van der Waals surface area contributed by atoms with Crippen LogP contribution in [-0.4, -0.2) is 37.2 Å². The molecule has 0 spiro atoms. The molecule has 1 aromatic rings. The van der Waals surface area contributed by atoms with Gasteiger partial charge >= 0.3 is 0 Å². The SMILES string of the molecule is CNCc1cc(CN2CC(C)OC(C)C2)c(C)o1. The molecule has 2 rings (SSSR count). The molecule has 18 heavy (non-hydrogen) atoms. The lowest BCUT2D eigenvalue weighted by Gasteiger charge is -2.35. The number of aryl methyl sites for hydroxylation is 1. The zero-order valence-corrected chi connectivity index (χ0v) is 11.8. The van der Waals surface area contributed by atoms with Crippen LogP contribution in [0.3, 0.4) is 0 Å². The second-order valence-corrected chi connectivity index (χ2v) is 5.28. The molecular weight excluding hydrogens is 228 g/mol. The van der Waals surface area contributed by atoms with E-state index in [-0.39, 0.29) is 0 Å². The van der Waals surface area contributed by atoms with E-state index in [4.69, 9.17) is 9.15 Å². The van der Waals surface area contributed by atoms with Crippen LogP contribution in [0, 0.1) is 6.92 Å². The molecule has 1 saturated heterocycles. The van der Waals surface area contributed by atoms with Gasteiger partial charge in [0.25, 0.3) is 0 Å². The Hall–Kier alpha value is -0.840. The van der Waals surface area contributed by atoms with Crippen molar-refractivity contribution < 1.29 is 9.15 Å². The van der Waals surface area contributed by atoms with Gasteiger partial charge in [0.15, 0.2) is 0 Å². The monoisotopic (exact) mass is 252 g/mol. The normalized spacial score (nSPS) is 25.6. The molecule has 1 aromatic heterocycles. The number of rotatable bonds is 4. The van der Waals surface area contributed by atoms with Crippen LogP contribution in [0.5, 0.6) is 0 Å². The predicted octanol–water partition coefficient (Wildman–Crippen LogP) is 1.92. The molecule has 0 bridgehead atoms. The number of hydrogen-bond donors (Lipinski definition) is 1. The summed E-state index contributed by atoms with van der Waals surface area (Å²) in [4.78, 5) is 2.44. The minimum absolute atomic E-state index is 0.317. The fourth-order valence-corrected chi connectivity index (χ4v) is 2.66. The summed E-state index contributed by atoms with van der Waals surface area (Å²) in [5.74, 6) is 2.05. The van der Waals surface area contributed by atoms with Gasteiger partial charge in [0.05, 0.1) is 18.8 Å². The van der Waals surface area contributed by atoms with Crippen LogP contribution < -0.4 is 5.32 Å². The van der Waals surface area contributed by atoms with Crippen molar-refractivity contribution in [3.63, 3.8) is 0 Å². The van der Waals surface area contributed by atoms with Crippen molar-refractivity contribution >= 4 is 0 Å². The first-order chi connectivity index (χ1) is 8.58. The molecule has 1 aliphatic rings. The summed E-state index contributed by atoms with van der Waals surface area (Å²) in [6.45, 7) is 10.1. The third kappa shape index (κ3) is 3.34. The molecule has 4 heteroatoms. The van der Waals surface area contributed by atoms with Gasteiger partial charge in [-0.25, -0.2) is 0 Å². The first kappa shape index (κ1) is 13.6. The average molecular weight is 252 g/mol. The van der Waals surface area contributed by atoms with E-state index >= 15 is 0 Å². The fourth-order valence-electron chi connectivity index (χ4n) is 2.66. The number of nitrogens with one attached hydrogen (secondary N) is 1. The molecule has 2 atom stereocenters. The molecule has 1 N–H and O–H groups in total. The molecule has 1 aliphatic heterocycles. The zero-order valence-electron chi connectivity index (χ0n) is 11.8. The van der Waals surface area contributed by atoms with Gasteiger partial charge in [-0.3, -0.25) is 4.90 Å². The van der Waals surface area contributed by atoms with Crippen molar-refractivity contribution in [1.82, 2.24) is 10.2 Å². The van der Waals surface area contributed by atoms with Gasteiger partial charge in [-0.15, -0.1) is 0 Å². The summed E-state index contributed by atoms with van der Waals surface area (Å²) < 4.78 is 11.5. The van der Waals surface area contributed by atoms with Crippen LogP contribution >= 0.6 is 0 Å². The van der Waals surface area contributed by atoms with E-state index in [0.29, 0.717) is 12.2 Å². The van der Waals surface area contributed by atoms with Crippen molar-refractivity contribution in [2.75, 3.05) is 20.1 Å². The summed E-state index contributed by atoms with van der Waals surface area (Å²) >= 11 is 0. The van der Waals surface area contributed by atoms with Crippen LogP contribution in [-0.2, 0) is 17.8 Å². The van der Waals surface area contributed by atoms with Crippen molar-refractivity contribution in [3.05, 3.63) is 23.2 Å². The Morgan fingerprint density at radius 3 is 2.61 bits per heavy atom. The van der Waals surface area contributed by atoms with Gasteiger partial charge in [-0.05, 0) is 33.9 Å². The Morgan fingerprint density at radius 2 is 2.00 bits per heavy atom. The first-order valence-corrected chi connectivity index (χ1v) is 6.69. The van der Waals surface area contributed by atoms with Gasteiger partial charge in [-0.2, -0.15) is 0 Å². The number of hydrogen-bond acceptors (Lipinski definition) is 4. The third-order valence-electron chi connectivity index (χ3n) is 3.31. The minimum atomic E-state index is 0.317. The number of furan rings is 1. The minimum Gasteiger partial charge on any atom is -0.465 e. The second kappa shape index (κ2) is 5.87. The third-order valence-corrected chi connectivity index (χ3v) is 3.31. The molecule has 0 amide bonds.